The van der Waals surface area contributed by atoms with Crippen molar-refractivity contribution in [3.8, 4) is 0 Å². The Morgan fingerprint density at radius 1 is 1.21 bits per heavy atom. The molecular formula is C18H21F3N4O3S. The number of anilines is 1. The van der Waals surface area contributed by atoms with Crippen LogP contribution in [0.15, 0.2) is 35.4 Å². The van der Waals surface area contributed by atoms with Gasteiger partial charge in [-0.3, -0.25) is 9.48 Å². The number of amides is 1. The van der Waals surface area contributed by atoms with E-state index in [0.29, 0.717) is 37.3 Å². The van der Waals surface area contributed by atoms with E-state index in [1.165, 1.54) is 15.3 Å². The number of hydrogen-bond donors (Lipinski definition) is 0. The van der Waals surface area contributed by atoms with Gasteiger partial charge in [-0.25, -0.2) is 8.42 Å². The molecule has 0 spiro atoms. The molecule has 1 aliphatic rings. The molecule has 11 heteroatoms. The van der Waals surface area contributed by atoms with E-state index in [1.54, 1.807) is 26.0 Å². The van der Waals surface area contributed by atoms with E-state index in [-0.39, 0.29) is 11.4 Å². The van der Waals surface area contributed by atoms with Gasteiger partial charge in [0.2, 0.25) is 15.9 Å². The summed E-state index contributed by atoms with van der Waals surface area (Å²) in [5.41, 5.74) is 0.220. The highest BCUT2D eigenvalue weighted by Crippen LogP contribution is 2.32. The van der Waals surface area contributed by atoms with E-state index in [0.717, 1.165) is 16.9 Å². The molecule has 0 saturated carbocycles. The second kappa shape index (κ2) is 7.79. The van der Waals surface area contributed by atoms with Gasteiger partial charge in [-0.1, -0.05) is 13.8 Å². The van der Waals surface area contributed by atoms with Crippen molar-refractivity contribution in [2.24, 2.45) is 0 Å². The molecule has 0 atom stereocenters. The minimum absolute atomic E-state index is 0.163. The molecule has 0 N–H and O–H groups in total. The van der Waals surface area contributed by atoms with Crippen molar-refractivity contribution in [3.05, 3.63) is 41.7 Å². The first-order valence-corrected chi connectivity index (χ1v) is 10.6. The monoisotopic (exact) mass is 430 g/mol. The van der Waals surface area contributed by atoms with Crippen LogP contribution >= 0.6 is 0 Å². The van der Waals surface area contributed by atoms with Crippen molar-refractivity contribution in [1.29, 1.82) is 0 Å². The van der Waals surface area contributed by atoms with Crippen LogP contribution < -0.4 is 4.90 Å². The Morgan fingerprint density at radius 3 is 2.48 bits per heavy atom. The molecule has 7 nitrogen and oxygen atoms in total. The van der Waals surface area contributed by atoms with Crippen LogP contribution in [0.5, 0.6) is 0 Å². The summed E-state index contributed by atoms with van der Waals surface area (Å²) in [5.74, 6) is -0.417. The second-order valence-corrected chi connectivity index (χ2v) is 8.51. The first kappa shape index (κ1) is 21.3. The van der Waals surface area contributed by atoms with Crippen LogP contribution in [0, 0.1) is 0 Å². The zero-order chi connectivity index (χ0) is 21.4. The number of halogens is 3. The minimum Gasteiger partial charge on any atom is -0.310 e. The Labute approximate surface area is 166 Å². The summed E-state index contributed by atoms with van der Waals surface area (Å²) in [4.78, 5) is 14.2. The van der Waals surface area contributed by atoms with Crippen molar-refractivity contribution >= 4 is 21.6 Å². The topological polar surface area (TPSA) is 75.5 Å². The van der Waals surface area contributed by atoms with Crippen molar-refractivity contribution in [2.45, 2.75) is 37.9 Å². The normalized spacial score (nSPS) is 14.5. The first-order chi connectivity index (χ1) is 13.6. The van der Waals surface area contributed by atoms with Crippen molar-refractivity contribution < 1.29 is 26.4 Å². The lowest BCUT2D eigenvalue weighted by molar-refractivity contribution is -0.141. The van der Waals surface area contributed by atoms with Crippen LogP contribution in [-0.2, 0) is 34.0 Å². The van der Waals surface area contributed by atoms with Gasteiger partial charge < -0.3 is 4.90 Å². The highest BCUT2D eigenvalue weighted by atomic mass is 32.2. The fourth-order valence-electron chi connectivity index (χ4n) is 3.34. The van der Waals surface area contributed by atoms with Crippen LogP contribution in [0.25, 0.3) is 0 Å². The summed E-state index contributed by atoms with van der Waals surface area (Å²) >= 11 is 0. The molecule has 0 radical (unpaired) electrons. The quantitative estimate of drug-likeness (QED) is 0.706. The van der Waals surface area contributed by atoms with Gasteiger partial charge in [0.15, 0.2) is 5.69 Å². The van der Waals surface area contributed by atoms with Crippen LogP contribution in [0.3, 0.4) is 0 Å². The van der Waals surface area contributed by atoms with Gasteiger partial charge in [-0.15, -0.1) is 0 Å². The number of nitrogens with zero attached hydrogens (tertiary/aromatic N) is 4. The third-order valence-electron chi connectivity index (χ3n) is 4.82. The van der Waals surface area contributed by atoms with Crippen molar-refractivity contribution in [2.75, 3.05) is 24.5 Å². The van der Waals surface area contributed by atoms with Gasteiger partial charge in [0.25, 0.3) is 0 Å². The third-order valence-corrected chi connectivity index (χ3v) is 6.86. The highest BCUT2D eigenvalue weighted by molar-refractivity contribution is 7.89. The number of fused-ring (bicyclic) bond motifs is 1. The van der Waals surface area contributed by atoms with E-state index in [4.69, 9.17) is 0 Å². The second-order valence-electron chi connectivity index (χ2n) is 6.57. The lowest BCUT2D eigenvalue weighted by Gasteiger charge is -2.20. The molecule has 0 unspecified atom stereocenters. The van der Waals surface area contributed by atoms with Crippen molar-refractivity contribution in [1.82, 2.24) is 14.1 Å². The molecule has 1 amide bonds. The lowest BCUT2D eigenvalue weighted by Crippen LogP contribution is -2.32. The van der Waals surface area contributed by atoms with E-state index >= 15 is 0 Å². The van der Waals surface area contributed by atoms with E-state index in [9.17, 15) is 26.4 Å². The Morgan fingerprint density at radius 2 is 1.90 bits per heavy atom. The fraction of sp³-hybridized carbons (Fsp3) is 0.444. The maximum Gasteiger partial charge on any atom is 0.435 e. The summed E-state index contributed by atoms with van der Waals surface area (Å²) in [6.45, 7) is 4.21. The summed E-state index contributed by atoms with van der Waals surface area (Å²) in [6.07, 6.45) is -2.99. The van der Waals surface area contributed by atoms with Gasteiger partial charge in [-0.2, -0.15) is 22.6 Å². The molecular weight excluding hydrogens is 409 g/mol. The Hall–Kier alpha value is -2.40. The predicted molar refractivity (Wildman–Crippen MR) is 99.8 cm³/mol. The van der Waals surface area contributed by atoms with Gasteiger partial charge in [0.05, 0.1) is 4.90 Å². The zero-order valence-electron chi connectivity index (χ0n) is 16.0. The first-order valence-electron chi connectivity index (χ1n) is 9.12. The number of rotatable bonds is 6. The van der Waals surface area contributed by atoms with E-state index in [2.05, 4.69) is 5.10 Å². The van der Waals surface area contributed by atoms with Crippen LogP contribution in [0.4, 0.5) is 18.9 Å². The Kier molecular flexibility index (Phi) is 5.72. The van der Waals surface area contributed by atoms with Crippen LogP contribution in [0.1, 0.15) is 25.1 Å². The third kappa shape index (κ3) is 4.15. The summed E-state index contributed by atoms with van der Waals surface area (Å²) < 4.78 is 65.6. The largest absolute Gasteiger partial charge is 0.435 e. The molecule has 29 heavy (non-hydrogen) atoms. The van der Waals surface area contributed by atoms with Crippen LogP contribution in [0.2, 0.25) is 0 Å². The maximum atomic E-state index is 12.7. The number of aromatic nitrogens is 2. The van der Waals surface area contributed by atoms with Crippen LogP contribution in [-0.4, -0.2) is 48.0 Å². The fourth-order valence-corrected chi connectivity index (χ4v) is 4.84. The summed E-state index contributed by atoms with van der Waals surface area (Å²) in [5, 5.41) is 3.39. The molecule has 1 aromatic heterocycles. The van der Waals surface area contributed by atoms with Gasteiger partial charge >= 0.3 is 6.18 Å². The molecule has 1 aromatic carbocycles. The van der Waals surface area contributed by atoms with Crippen molar-refractivity contribution in [3.63, 3.8) is 0 Å². The molecule has 0 saturated heterocycles. The van der Waals surface area contributed by atoms with Gasteiger partial charge in [0, 0.05) is 31.5 Å². The number of carbonyl (C=O) groups is 1. The summed E-state index contributed by atoms with van der Waals surface area (Å²) in [7, 11) is -3.61. The predicted octanol–water partition coefficient (Wildman–Crippen LogP) is 2.52. The SMILES string of the molecule is CCN(CC)S(=O)(=O)c1ccc2c(c1)CCN2C(=O)Cn1ccc(C(F)(F)F)n1. The average molecular weight is 430 g/mol. The number of sulfonamides is 1. The Bertz CT molecular complexity index is 1010. The standard InChI is InChI=1S/C18H21F3N4O3S/c1-3-24(4-2)29(27,28)14-5-6-15-13(11-14)7-10-25(15)17(26)12-23-9-8-16(22-23)18(19,20)21/h5-6,8-9,11H,3-4,7,10,12H2,1-2H3. The molecule has 0 bridgehead atoms. The smallest absolute Gasteiger partial charge is 0.310 e. The average Bonchev–Trinajstić information content (AvgIpc) is 3.28. The molecule has 0 fully saturated rings. The number of carbonyl (C=O) groups excluding carboxylic acids is 1. The lowest BCUT2D eigenvalue weighted by atomic mass is 10.2. The molecule has 0 aliphatic carbocycles. The molecule has 1 aliphatic heterocycles. The maximum absolute atomic E-state index is 12.7. The Balaban J connectivity index is 1.79. The number of benzene rings is 1. The molecule has 3 rings (SSSR count). The number of hydrogen-bond acceptors (Lipinski definition) is 4. The number of alkyl halides is 3. The molecule has 2 heterocycles. The zero-order valence-corrected chi connectivity index (χ0v) is 16.8. The molecule has 158 valence electrons. The molecule has 2 aromatic rings. The summed E-state index contributed by atoms with van der Waals surface area (Å²) in [6, 6.07) is 5.40. The van der Waals surface area contributed by atoms with Gasteiger partial charge in [-0.05, 0) is 36.2 Å². The minimum atomic E-state index is -4.57. The van der Waals surface area contributed by atoms with E-state index in [1.807, 2.05) is 0 Å². The highest BCUT2D eigenvalue weighted by Gasteiger charge is 2.34. The van der Waals surface area contributed by atoms with Gasteiger partial charge in [0.1, 0.15) is 6.54 Å². The van der Waals surface area contributed by atoms with E-state index < -0.39 is 27.8 Å².